The Morgan fingerprint density at radius 1 is 1.44 bits per heavy atom. The van der Waals surface area contributed by atoms with Crippen molar-refractivity contribution in [2.75, 3.05) is 12.0 Å². The highest BCUT2D eigenvalue weighted by molar-refractivity contribution is 7.99. The van der Waals surface area contributed by atoms with Gasteiger partial charge in [0.25, 0.3) is 5.91 Å². The van der Waals surface area contributed by atoms with Gasteiger partial charge in [0, 0.05) is 23.1 Å². The Labute approximate surface area is 112 Å². The molecule has 0 bridgehead atoms. The predicted octanol–water partition coefficient (Wildman–Crippen LogP) is 2.07. The van der Waals surface area contributed by atoms with Crippen LogP contribution in [0.2, 0.25) is 0 Å². The molecule has 0 spiro atoms. The summed E-state index contributed by atoms with van der Waals surface area (Å²) in [4.78, 5) is 15.9. The van der Waals surface area contributed by atoms with E-state index in [1.807, 2.05) is 11.8 Å². The molecular formula is C13H19N3OS. The van der Waals surface area contributed by atoms with Crippen LogP contribution in [0.5, 0.6) is 0 Å². The second kappa shape index (κ2) is 6.09. The molecule has 0 atom stereocenters. The Hall–Kier alpha value is -1.23. The molecule has 1 fully saturated rings. The lowest BCUT2D eigenvalue weighted by atomic mass is 9.95. The summed E-state index contributed by atoms with van der Waals surface area (Å²) in [7, 11) is 0. The zero-order valence-corrected chi connectivity index (χ0v) is 11.4. The van der Waals surface area contributed by atoms with Crippen molar-refractivity contribution in [3.8, 4) is 0 Å². The fourth-order valence-corrected chi connectivity index (χ4v) is 3.04. The van der Waals surface area contributed by atoms with Crippen LogP contribution in [0.15, 0.2) is 18.3 Å². The molecule has 1 aromatic heterocycles. The first-order chi connectivity index (χ1) is 8.69. The molecule has 1 aromatic rings. The highest BCUT2D eigenvalue weighted by Gasteiger charge is 2.22. The number of carbonyl (C=O) groups is 1. The van der Waals surface area contributed by atoms with E-state index in [0.717, 1.165) is 18.1 Å². The molecule has 1 aliphatic rings. The smallest absolute Gasteiger partial charge is 0.251 e. The molecule has 0 aromatic carbocycles. The van der Waals surface area contributed by atoms with Gasteiger partial charge in [-0.25, -0.2) is 4.98 Å². The summed E-state index contributed by atoms with van der Waals surface area (Å²) in [5.74, 6) is 0.338. The molecule has 0 aliphatic heterocycles. The van der Waals surface area contributed by atoms with Crippen LogP contribution in [0.1, 0.15) is 36.0 Å². The molecule has 1 heterocycles. The SMILES string of the molecule is CSC1CCC(NC(=O)c2ccnc(N)c2)CC1. The Morgan fingerprint density at radius 3 is 2.78 bits per heavy atom. The first-order valence-corrected chi connectivity index (χ1v) is 7.53. The fraction of sp³-hybridized carbons (Fsp3) is 0.538. The van der Waals surface area contributed by atoms with E-state index in [1.54, 1.807) is 18.3 Å². The molecule has 1 amide bonds. The molecule has 0 radical (unpaired) electrons. The lowest BCUT2D eigenvalue weighted by molar-refractivity contribution is 0.0928. The number of aromatic nitrogens is 1. The third kappa shape index (κ3) is 3.38. The van der Waals surface area contributed by atoms with Crippen molar-refractivity contribution >= 4 is 23.5 Å². The predicted molar refractivity (Wildman–Crippen MR) is 75.7 cm³/mol. The molecule has 5 heteroatoms. The van der Waals surface area contributed by atoms with Crippen molar-refractivity contribution in [1.82, 2.24) is 10.3 Å². The number of amides is 1. The van der Waals surface area contributed by atoms with Gasteiger partial charge in [-0.1, -0.05) is 0 Å². The number of hydrogen-bond donors (Lipinski definition) is 2. The lowest BCUT2D eigenvalue weighted by Gasteiger charge is -2.28. The van der Waals surface area contributed by atoms with E-state index in [2.05, 4.69) is 16.6 Å². The van der Waals surface area contributed by atoms with E-state index < -0.39 is 0 Å². The van der Waals surface area contributed by atoms with Crippen molar-refractivity contribution in [2.45, 2.75) is 37.0 Å². The van der Waals surface area contributed by atoms with Crippen molar-refractivity contribution < 1.29 is 4.79 Å². The highest BCUT2D eigenvalue weighted by Crippen LogP contribution is 2.26. The average Bonchev–Trinajstić information content (AvgIpc) is 2.39. The monoisotopic (exact) mass is 265 g/mol. The van der Waals surface area contributed by atoms with Gasteiger partial charge in [-0.15, -0.1) is 0 Å². The maximum atomic E-state index is 12.0. The Kier molecular flexibility index (Phi) is 4.47. The average molecular weight is 265 g/mol. The zero-order valence-electron chi connectivity index (χ0n) is 10.6. The van der Waals surface area contributed by atoms with E-state index in [4.69, 9.17) is 5.73 Å². The van der Waals surface area contributed by atoms with E-state index in [-0.39, 0.29) is 5.91 Å². The summed E-state index contributed by atoms with van der Waals surface area (Å²) >= 11 is 1.93. The van der Waals surface area contributed by atoms with E-state index in [9.17, 15) is 4.79 Å². The minimum Gasteiger partial charge on any atom is -0.384 e. The second-order valence-electron chi connectivity index (χ2n) is 4.65. The third-order valence-electron chi connectivity index (χ3n) is 3.39. The number of nitrogens with one attached hydrogen (secondary N) is 1. The van der Waals surface area contributed by atoms with E-state index in [0.29, 0.717) is 17.4 Å². The van der Waals surface area contributed by atoms with Gasteiger partial charge in [0.05, 0.1) is 0 Å². The number of rotatable bonds is 3. The molecule has 1 saturated carbocycles. The minimum atomic E-state index is -0.0447. The maximum Gasteiger partial charge on any atom is 0.251 e. The molecule has 3 N–H and O–H groups in total. The highest BCUT2D eigenvalue weighted by atomic mass is 32.2. The number of carbonyl (C=O) groups excluding carboxylic acids is 1. The Balaban J connectivity index is 1.89. The summed E-state index contributed by atoms with van der Waals surface area (Å²) in [6, 6.07) is 3.61. The zero-order chi connectivity index (χ0) is 13.0. The molecular weight excluding hydrogens is 246 g/mol. The molecule has 18 heavy (non-hydrogen) atoms. The van der Waals surface area contributed by atoms with E-state index >= 15 is 0 Å². The maximum absolute atomic E-state index is 12.0. The largest absolute Gasteiger partial charge is 0.384 e. The van der Waals surface area contributed by atoms with Crippen LogP contribution in [0.25, 0.3) is 0 Å². The van der Waals surface area contributed by atoms with Gasteiger partial charge in [-0.3, -0.25) is 4.79 Å². The molecule has 0 unspecified atom stereocenters. The number of nitrogens with zero attached hydrogens (tertiary/aromatic N) is 1. The van der Waals surface area contributed by atoms with Gasteiger partial charge in [-0.05, 0) is 44.1 Å². The second-order valence-corrected chi connectivity index (χ2v) is 5.79. The van der Waals surface area contributed by atoms with Gasteiger partial charge < -0.3 is 11.1 Å². The topological polar surface area (TPSA) is 68.0 Å². The molecule has 0 saturated heterocycles. The van der Waals surface area contributed by atoms with Crippen LogP contribution in [0.4, 0.5) is 5.82 Å². The van der Waals surface area contributed by atoms with Crippen LogP contribution < -0.4 is 11.1 Å². The summed E-state index contributed by atoms with van der Waals surface area (Å²) < 4.78 is 0. The number of anilines is 1. The first-order valence-electron chi connectivity index (χ1n) is 6.24. The molecule has 4 nitrogen and oxygen atoms in total. The van der Waals surface area contributed by atoms with Crippen LogP contribution in [0.3, 0.4) is 0 Å². The number of thioether (sulfide) groups is 1. The molecule has 1 aliphatic carbocycles. The quantitative estimate of drug-likeness (QED) is 0.878. The third-order valence-corrected chi connectivity index (χ3v) is 4.52. The fourth-order valence-electron chi connectivity index (χ4n) is 2.30. The summed E-state index contributed by atoms with van der Waals surface area (Å²) in [5.41, 5.74) is 6.16. The lowest BCUT2D eigenvalue weighted by Crippen LogP contribution is -2.38. The Morgan fingerprint density at radius 2 is 2.17 bits per heavy atom. The Bertz CT molecular complexity index is 416. The van der Waals surface area contributed by atoms with Crippen LogP contribution in [0, 0.1) is 0 Å². The van der Waals surface area contributed by atoms with Gasteiger partial charge in [0.15, 0.2) is 0 Å². The molecule has 2 rings (SSSR count). The van der Waals surface area contributed by atoms with Crippen molar-refractivity contribution in [3.05, 3.63) is 23.9 Å². The first kappa shape index (κ1) is 13.2. The summed E-state index contributed by atoms with van der Waals surface area (Å²) in [6.07, 6.45) is 8.23. The van der Waals surface area contributed by atoms with E-state index in [1.165, 1.54) is 12.8 Å². The van der Waals surface area contributed by atoms with Gasteiger partial charge in [-0.2, -0.15) is 11.8 Å². The van der Waals surface area contributed by atoms with Crippen LogP contribution in [-0.4, -0.2) is 28.4 Å². The molecule has 98 valence electrons. The minimum absolute atomic E-state index is 0.0447. The van der Waals surface area contributed by atoms with Gasteiger partial charge in [0.1, 0.15) is 5.82 Å². The standard InChI is InChI=1S/C13H19N3OS/c1-18-11-4-2-10(3-5-11)16-13(17)9-6-7-15-12(14)8-9/h6-8,10-11H,2-5H2,1H3,(H2,14,15)(H,16,17). The summed E-state index contributed by atoms with van der Waals surface area (Å²) in [6.45, 7) is 0. The van der Waals surface area contributed by atoms with Crippen molar-refractivity contribution in [2.24, 2.45) is 0 Å². The summed E-state index contributed by atoms with van der Waals surface area (Å²) in [5, 5.41) is 3.83. The van der Waals surface area contributed by atoms with Crippen LogP contribution in [-0.2, 0) is 0 Å². The normalized spacial score (nSPS) is 23.6. The number of nitrogen functional groups attached to an aromatic ring is 1. The number of nitrogens with two attached hydrogens (primary N) is 1. The van der Waals surface area contributed by atoms with Crippen molar-refractivity contribution in [3.63, 3.8) is 0 Å². The van der Waals surface area contributed by atoms with Gasteiger partial charge >= 0.3 is 0 Å². The number of pyridine rings is 1. The van der Waals surface area contributed by atoms with Gasteiger partial charge in [0.2, 0.25) is 0 Å². The van der Waals surface area contributed by atoms with Crippen molar-refractivity contribution in [1.29, 1.82) is 0 Å². The number of hydrogen-bond acceptors (Lipinski definition) is 4. The van der Waals surface area contributed by atoms with Crippen LogP contribution >= 0.6 is 11.8 Å².